The zero-order valence-corrected chi connectivity index (χ0v) is 7.95. The molecule has 2 nitrogen and oxygen atoms in total. The molecule has 2 aliphatic carbocycles. The van der Waals surface area contributed by atoms with Crippen LogP contribution in [0.4, 0.5) is 0 Å². The first-order valence-corrected chi connectivity index (χ1v) is 5.22. The minimum atomic E-state index is -0.119. The highest BCUT2D eigenvalue weighted by Gasteiger charge is 2.62. The Morgan fingerprint density at radius 2 is 1.46 bits per heavy atom. The topological polar surface area (TPSA) is 40.5 Å². The van der Waals surface area contributed by atoms with Crippen molar-refractivity contribution in [1.29, 1.82) is 0 Å². The van der Waals surface area contributed by atoms with E-state index >= 15 is 0 Å². The molecule has 0 amide bonds. The number of allylic oxidation sites excluding steroid dienone is 2. The van der Waals surface area contributed by atoms with Crippen molar-refractivity contribution in [2.45, 2.75) is 25.7 Å². The number of hydrogen-bond donors (Lipinski definition) is 2. The van der Waals surface area contributed by atoms with Crippen LogP contribution in [0.3, 0.4) is 0 Å². The molecule has 0 radical (unpaired) electrons. The normalized spacial score (nSPS) is 36.2. The molecule has 0 heterocycles. The van der Waals surface area contributed by atoms with E-state index in [1.807, 2.05) is 0 Å². The second kappa shape index (κ2) is 3.43. The first kappa shape index (κ1) is 9.22. The summed E-state index contributed by atoms with van der Waals surface area (Å²) in [7, 11) is 0. The van der Waals surface area contributed by atoms with Crippen molar-refractivity contribution in [2.75, 3.05) is 13.2 Å². The van der Waals surface area contributed by atoms with Crippen molar-refractivity contribution in [2.24, 2.45) is 17.3 Å². The lowest BCUT2D eigenvalue weighted by atomic mass is 10.0. The number of hydrogen-bond acceptors (Lipinski definition) is 2. The number of rotatable bonds is 2. The van der Waals surface area contributed by atoms with Crippen molar-refractivity contribution < 1.29 is 10.2 Å². The SMILES string of the molecule is OCC1(CO)[C@@H]2CCC=CCC[C@H]21. The molecule has 0 spiro atoms. The Bertz CT molecular complexity index is 188. The summed E-state index contributed by atoms with van der Waals surface area (Å²) in [6.45, 7) is 0.331. The van der Waals surface area contributed by atoms with Gasteiger partial charge in [-0.15, -0.1) is 0 Å². The fourth-order valence-corrected chi connectivity index (χ4v) is 2.95. The highest BCUT2D eigenvalue weighted by atomic mass is 16.3. The van der Waals surface area contributed by atoms with Gasteiger partial charge >= 0.3 is 0 Å². The summed E-state index contributed by atoms with van der Waals surface area (Å²) < 4.78 is 0. The van der Waals surface area contributed by atoms with E-state index in [9.17, 15) is 10.2 Å². The van der Waals surface area contributed by atoms with Crippen LogP contribution in [0.15, 0.2) is 12.2 Å². The third kappa shape index (κ3) is 1.32. The van der Waals surface area contributed by atoms with Gasteiger partial charge in [0.1, 0.15) is 0 Å². The maximum absolute atomic E-state index is 9.29. The van der Waals surface area contributed by atoms with Gasteiger partial charge in [-0.25, -0.2) is 0 Å². The van der Waals surface area contributed by atoms with Gasteiger partial charge in [0, 0.05) is 5.41 Å². The van der Waals surface area contributed by atoms with E-state index in [0.717, 1.165) is 25.7 Å². The van der Waals surface area contributed by atoms with Gasteiger partial charge in [0.25, 0.3) is 0 Å². The number of fused-ring (bicyclic) bond motifs is 1. The smallest absolute Gasteiger partial charge is 0.0514 e. The fourth-order valence-electron chi connectivity index (χ4n) is 2.95. The maximum atomic E-state index is 9.29. The summed E-state index contributed by atoms with van der Waals surface area (Å²) in [6.07, 6.45) is 8.97. The summed E-state index contributed by atoms with van der Waals surface area (Å²) >= 11 is 0. The molecular formula is C11H18O2. The van der Waals surface area contributed by atoms with Gasteiger partial charge in [0.2, 0.25) is 0 Å². The largest absolute Gasteiger partial charge is 0.396 e. The van der Waals surface area contributed by atoms with Crippen molar-refractivity contribution >= 4 is 0 Å². The molecule has 2 heteroatoms. The molecule has 1 fully saturated rings. The number of aliphatic hydroxyl groups excluding tert-OH is 2. The molecule has 0 aromatic heterocycles. The molecule has 0 saturated heterocycles. The predicted octanol–water partition coefficient (Wildman–Crippen LogP) is 1.33. The molecule has 0 bridgehead atoms. The van der Waals surface area contributed by atoms with E-state index < -0.39 is 0 Å². The molecule has 0 aromatic carbocycles. The van der Waals surface area contributed by atoms with Crippen LogP contribution < -0.4 is 0 Å². The van der Waals surface area contributed by atoms with Crippen LogP contribution in [-0.2, 0) is 0 Å². The van der Waals surface area contributed by atoms with E-state index in [-0.39, 0.29) is 18.6 Å². The molecule has 0 unspecified atom stereocenters. The van der Waals surface area contributed by atoms with Crippen LogP contribution >= 0.6 is 0 Å². The predicted molar refractivity (Wildman–Crippen MR) is 51.2 cm³/mol. The van der Waals surface area contributed by atoms with Gasteiger partial charge in [-0.2, -0.15) is 0 Å². The van der Waals surface area contributed by atoms with E-state index in [1.54, 1.807) is 0 Å². The lowest BCUT2D eigenvalue weighted by Crippen LogP contribution is -2.16. The van der Waals surface area contributed by atoms with Gasteiger partial charge in [0.15, 0.2) is 0 Å². The Hall–Kier alpha value is -0.340. The third-order valence-electron chi connectivity index (χ3n) is 3.90. The van der Waals surface area contributed by atoms with Crippen molar-refractivity contribution in [3.8, 4) is 0 Å². The minimum Gasteiger partial charge on any atom is -0.396 e. The van der Waals surface area contributed by atoms with E-state index in [0.29, 0.717) is 11.8 Å². The zero-order chi connectivity index (χ0) is 9.31. The Kier molecular flexibility index (Phi) is 2.43. The highest BCUT2D eigenvalue weighted by Crippen LogP contribution is 2.62. The summed E-state index contributed by atoms with van der Waals surface area (Å²) in [4.78, 5) is 0. The molecule has 2 rings (SSSR count). The highest BCUT2D eigenvalue weighted by molar-refractivity contribution is 5.11. The van der Waals surface area contributed by atoms with Crippen molar-refractivity contribution in [3.63, 3.8) is 0 Å². The molecular weight excluding hydrogens is 164 g/mol. The third-order valence-corrected chi connectivity index (χ3v) is 3.90. The van der Waals surface area contributed by atoms with Crippen LogP contribution in [0.1, 0.15) is 25.7 Å². The molecule has 0 aromatic rings. The molecule has 2 N–H and O–H groups in total. The maximum Gasteiger partial charge on any atom is 0.0514 e. The van der Waals surface area contributed by atoms with Crippen LogP contribution in [0.2, 0.25) is 0 Å². The molecule has 1 saturated carbocycles. The monoisotopic (exact) mass is 182 g/mol. The average Bonchev–Trinajstić information content (AvgIpc) is 2.71. The van der Waals surface area contributed by atoms with E-state index in [4.69, 9.17) is 0 Å². The lowest BCUT2D eigenvalue weighted by Gasteiger charge is -2.10. The summed E-state index contributed by atoms with van der Waals surface area (Å²) in [5, 5.41) is 18.6. The van der Waals surface area contributed by atoms with Crippen LogP contribution in [0.5, 0.6) is 0 Å². The average molecular weight is 182 g/mol. The van der Waals surface area contributed by atoms with Gasteiger partial charge in [-0.1, -0.05) is 12.2 Å². The van der Waals surface area contributed by atoms with E-state index in [2.05, 4.69) is 12.2 Å². The number of aliphatic hydroxyl groups is 2. The van der Waals surface area contributed by atoms with Crippen LogP contribution in [0, 0.1) is 17.3 Å². The zero-order valence-electron chi connectivity index (χ0n) is 7.95. The second-order valence-electron chi connectivity index (χ2n) is 4.39. The van der Waals surface area contributed by atoms with Gasteiger partial charge in [-0.05, 0) is 37.5 Å². The first-order valence-electron chi connectivity index (χ1n) is 5.22. The summed E-state index contributed by atoms with van der Waals surface area (Å²) in [5.74, 6) is 1.15. The Morgan fingerprint density at radius 3 is 1.85 bits per heavy atom. The molecule has 13 heavy (non-hydrogen) atoms. The quantitative estimate of drug-likeness (QED) is 0.633. The lowest BCUT2D eigenvalue weighted by molar-refractivity contribution is 0.111. The van der Waals surface area contributed by atoms with Crippen LogP contribution in [-0.4, -0.2) is 23.4 Å². The standard InChI is InChI=1S/C11H18O2/c12-7-11(8-13)9-5-3-1-2-4-6-10(9)11/h1-2,9-10,12-13H,3-8H2/t9-,10-/m1/s1. The Labute approximate surface area is 79.3 Å². The summed E-state index contributed by atoms with van der Waals surface area (Å²) in [5.41, 5.74) is -0.119. The first-order chi connectivity index (χ1) is 6.35. The summed E-state index contributed by atoms with van der Waals surface area (Å²) in [6, 6.07) is 0. The Morgan fingerprint density at radius 1 is 1.00 bits per heavy atom. The van der Waals surface area contributed by atoms with E-state index in [1.165, 1.54) is 0 Å². The van der Waals surface area contributed by atoms with Crippen molar-refractivity contribution in [3.05, 3.63) is 12.2 Å². The molecule has 2 aliphatic rings. The van der Waals surface area contributed by atoms with Gasteiger partial charge < -0.3 is 10.2 Å². The van der Waals surface area contributed by atoms with Crippen LogP contribution in [0.25, 0.3) is 0 Å². The van der Waals surface area contributed by atoms with Gasteiger partial charge in [0.05, 0.1) is 13.2 Å². The van der Waals surface area contributed by atoms with Crippen molar-refractivity contribution in [1.82, 2.24) is 0 Å². The molecule has 0 aliphatic heterocycles. The molecule has 74 valence electrons. The minimum absolute atomic E-state index is 0.119. The van der Waals surface area contributed by atoms with Gasteiger partial charge in [-0.3, -0.25) is 0 Å². The Balaban J connectivity index is 2.05. The fraction of sp³-hybridized carbons (Fsp3) is 0.818. The second-order valence-corrected chi connectivity index (χ2v) is 4.39. The molecule has 2 atom stereocenters.